The van der Waals surface area contributed by atoms with E-state index < -0.39 is 0 Å². The van der Waals surface area contributed by atoms with Crippen LogP contribution < -0.4 is 4.74 Å². The first-order valence-electron chi connectivity index (χ1n) is 4.79. The molecule has 1 aromatic heterocycles. The molecule has 0 aliphatic rings. The Morgan fingerprint density at radius 3 is 2.75 bits per heavy atom. The van der Waals surface area contributed by atoms with Crippen molar-refractivity contribution in [2.45, 2.75) is 46.1 Å². The van der Waals surface area contributed by atoms with E-state index in [0.717, 1.165) is 6.54 Å². The Bertz CT molecular complexity index is 217. The largest absolute Gasteiger partial charge is 0.245 e. The van der Waals surface area contributed by atoms with Gasteiger partial charge in [-0.05, 0) is 11.2 Å². The zero-order valence-corrected chi connectivity index (χ0v) is 8.05. The maximum Gasteiger partial charge on any atom is 0.228 e. The van der Waals surface area contributed by atoms with Crippen molar-refractivity contribution in [3.8, 4) is 0 Å². The van der Waals surface area contributed by atoms with Crippen LogP contribution in [0.2, 0.25) is 0 Å². The van der Waals surface area contributed by atoms with Gasteiger partial charge in [-0.2, -0.15) is 0 Å². The highest BCUT2D eigenvalue weighted by Crippen LogP contribution is 1.99. The molecule has 2 nitrogen and oxygen atoms in total. The molecule has 0 aliphatic heterocycles. The molecule has 0 atom stereocenters. The van der Waals surface area contributed by atoms with Gasteiger partial charge in [0, 0.05) is 13.3 Å². The maximum atomic E-state index is 5.26. The van der Waals surface area contributed by atoms with Crippen molar-refractivity contribution in [1.29, 1.82) is 0 Å². The van der Waals surface area contributed by atoms with Crippen LogP contribution >= 0.6 is 0 Å². The van der Waals surface area contributed by atoms with Crippen LogP contribution in [-0.4, -0.2) is 0 Å². The predicted octanol–water partition coefficient (Wildman–Crippen LogP) is 2.46. The average molecular weight is 168 g/mol. The van der Waals surface area contributed by atoms with Gasteiger partial charge in [0.2, 0.25) is 5.69 Å². The van der Waals surface area contributed by atoms with Crippen LogP contribution in [0.15, 0.2) is 16.9 Å². The SMILES string of the molecule is CCCCCC[n+]1occc1C. The molecular formula is C10H18NO+. The Morgan fingerprint density at radius 2 is 2.17 bits per heavy atom. The van der Waals surface area contributed by atoms with Gasteiger partial charge in [0.1, 0.15) is 0 Å². The van der Waals surface area contributed by atoms with Gasteiger partial charge < -0.3 is 0 Å². The van der Waals surface area contributed by atoms with Gasteiger partial charge in [0.15, 0.2) is 12.8 Å². The second kappa shape index (κ2) is 4.96. The summed E-state index contributed by atoms with van der Waals surface area (Å²) in [4.78, 5) is 0. The summed E-state index contributed by atoms with van der Waals surface area (Å²) in [5.41, 5.74) is 1.21. The molecule has 1 heterocycles. The molecule has 0 saturated carbocycles. The van der Waals surface area contributed by atoms with Crippen LogP contribution in [0.1, 0.15) is 38.3 Å². The van der Waals surface area contributed by atoms with Gasteiger partial charge in [0.05, 0.1) is 6.07 Å². The van der Waals surface area contributed by atoms with Crippen molar-refractivity contribution >= 4 is 0 Å². The quantitative estimate of drug-likeness (QED) is 0.487. The molecule has 0 unspecified atom stereocenters. The lowest BCUT2D eigenvalue weighted by atomic mass is 10.2. The molecule has 0 aromatic carbocycles. The molecule has 68 valence electrons. The molecule has 0 spiro atoms. The third-order valence-corrected chi connectivity index (χ3v) is 2.11. The fourth-order valence-electron chi connectivity index (χ4n) is 1.28. The van der Waals surface area contributed by atoms with Crippen molar-refractivity contribution in [2.75, 3.05) is 0 Å². The highest BCUT2D eigenvalue weighted by molar-refractivity contribution is 4.83. The van der Waals surface area contributed by atoms with Gasteiger partial charge in [-0.1, -0.05) is 19.8 Å². The number of nitrogens with zero attached hydrogens (tertiary/aromatic N) is 1. The first-order chi connectivity index (χ1) is 5.84. The van der Waals surface area contributed by atoms with Gasteiger partial charge in [0.25, 0.3) is 0 Å². The van der Waals surface area contributed by atoms with Gasteiger partial charge in [-0.15, -0.1) is 0 Å². The minimum atomic E-state index is 1.03. The van der Waals surface area contributed by atoms with Crippen LogP contribution in [0, 0.1) is 6.92 Å². The molecule has 0 fully saturated rings. The van der Waals surface area contributed by atoms with Crippen LogP contribution in [-0.2, 0) is 6.54 Å². The molecule has 0 amide bonds. The first-order valence-corrected chi connectivity index (χ1v) is 4.79. The monoisotopic (exact) mass is 168 g/mol. The third kappa shape index (κ3) is 2.68. The maximum absolute atomic E-state index is 5.26. The molecule has 0 radical (unpaired) electrons. The van der Waals surface area contributed by atoms with Gasteiger partial charge in [-0.3, -0.25) is 0 Å². The highest BCUT2D eigenvalue weighted by atomic mass is 16.5. The minimum absolute atomic E-state index is 1.03. The molecule has 1 rings (SSSR count). The molecule has 0 saturated heterocycles. The molecule has 0 bridgehead atoms. The van der Waals surface area contributed by atoms with Gasteiger partial charge >= 0.3 is 0 Å². The highest BCUT2D eigenvalue weighted by Gasteiger charge is 2.07. The third-order valence-electron chi connectivity index (χ3n) is 2.11. The lowest BCUT2D eigenvalue weighted by Gasteiger charge is -1.92. The van der Waals surface area contributed by atoms with E-state index >= 15 is 0 Å². The van der Waals surface area contributed by atoms with Crippen LogP contribution in [0.4, 0.5) is 0 Å². The Labute approximate surface area is 74.2 Å². The molecule has 2 heteroatoms. The first kappa shape index (κ1) is 9.30. The lowest BCUT2D eigenvalue weighted by Crippen LogP contribution is -2.33. The van der Waals surface area contributed by atoms with E-state index in [2.05, 4.69) is 13.8 Å². The standard InChI is InChI=1S/C10H18NO/c1-3-4-5-6-8-11-10(2)7-9-12-11/h7,9H,3-6,8H2,1-2H3/q+1. The van der Waals surface area contributed by atoms with Crippen molar-refractivity contribution in [1.82, 2.24) is 0 Å². The zero-order chi connectivity index (χ0) is 8.81. The smallest absolute Gasteiger partial charge is 0.228 e. The fourth-order valence-corrected chi connectivity index (χ4v) is 1.28. The number of aryl methyl sites for hydroxylation is 2. The van der Waals surface area contributed by atoms with E-state index in [4.69, 9.17) is 4.52 Å². The molecular weight excluding hydrogens is 150 g/mol. The van der Waals surface area contributed by atoms with E-state index in [1.807, 2.05) is 10.8 Å². The summed E-state index contributed by atoms with van der Waals surface area (Å²) in [6.07, 6.45) is 6.91. The normalized spacial score (nSPS) is 10.5. The summed E-state index contributed by atoms with van der Waals surface area (Å²) in [5, 5.41) is 0. The van der Waals surface area contributed by atoms with E-state index in [1.165, 1.54) is 31.4 Å². The summed E-state index contributed by atoms with van der Waals surface area (Å²) in [7, 11) is 0. The van der Waals surface area contributed by atoms with E-state index in [-0.39, 0.29) is 0 Å². The van der Waals surface area contributed by atoms with Crippen LogP contribution in [0.25, 0.3) is 0 Å². The topological polar surface area (TPSA) is 17.0 Å². The Balaban J connectivity index is 2.20. The van der Waals surface area contributed by atoms with Gasteiger partial charge in [-0.25, -0.2) is 4.52 Å². The summed E-state index contributed by atoms with van der Waals surface area (Å²) < 4.78 is 7.22. The second-order valence-electron chi connectivity index (χ2n) is 3.21. The number of hydrogen-bond donors (Lipinski definition) is 0. The van der Waals surface area contributed by atoms with E-state index in [0.29, 0.717) is 0 Å². The van der Waals surface area contributed by atoms with E-state index in [1.54, 1.807) is 6.26 Å². The summed E-state index contributed by atoms with van der Waals surface area (Å²) in [5.74, 6) is 0. The molecule has 1 aromatic rings. The fraction of sp³-hybridized carbons (Fsp3) is 0.700. The van der Waals surface area contributed by atoms with Crippen LogP contribution in [0.5, 0.6) is 0 Å². The summed E-state index contributed by atoms with van der Waals surface area (Å²) in [6.45, 7) is 5.33. The van der Waals surface area contributed by atoms with Crippen molar-refractivity contribution in [3.05, 3.63) is 18.0 Å². The lowest BCUT2D eigenvalue weighted by molar-refractivity contribution is -0.868. The number of aromatic nitrogens is 1. The Kier molecular flexibility index (Phi) is 3.85. The molecule has 0 N–H and O–H groups in total. The summed E-state index contributed by atoms with van der Waals surface area (Å²) >= 11 is 0. The second-order valence-corrected chi connectivity index (χ2v) is 3.21. The Morgan fingerprint density at radius 1 is 1.33 bits per heavy atom. The average Bonchev–Trinajstić information content (AvgIpc) is 2.46. The predicted molar refractivity (Wildman–Crippen MR) is 47.8 cm³/mol. The minimum Gasteiger partial charge on any atom is -0.245 e. The van der Waals surface area contributed by atoms with Crippen molar-refractivity contribution in [2.24, 2.45) is 0 Å². The van der Waals surface area contributed by atoms with E-state index in [9.17, 15) is 0 Å². The van der Waals surface area contributed by atoms with Crippen LogP contribution in [0.3, 0.4) is 0 Å². The zero-order valence-electron chi connectivity index (χ0n) is 8.05. The van der Waals surface area contributed by atoms with Crippen molar-refractivity contribution < 1.29 is 9.26 Å². The molecule has 0 aliphatic carbocycles. The number of hydrogen-bond acceptors (Lipinski definition) is 1. The summed E-state index contributed by atoms with van der Waals surface area (Å²) in [6, 6.07) is 2.00. The molecule has 12 heavy (non-hydrogen) atoms. The number of rotatable bonds is 5. The number of unbranched alkanes of at least 4 members (excludes halogenated alkanes) is 3. The van der Waals surface area contributed by atoms with Crippen molar-refractivity contribution in [3.63, 3.8) is 0 Å². The Hall–Kier alpha value is -0.790.